The Labute approximate surface area is 168 Å². The maximum Gasteiger partial charge on any atom is 0.224 e. The summed E-state index contributed by atoms with van der Waals surface area (Å²) in [5, 5.41) is 11.2. The molecule has 8 heteroatoms. The Morgan fingerprint density at radius 3 is 2.64 bits per heavy atom. The van der Waals surface area contributed by atoms with E-state index in [1.165, 1.54) is 17.0 Å². The number of carbonyl (C=O) groups excluding carboxylic acids is 1. The summed E-state index contributed by atoms with van der Waals surface area (Å²) in [7, 11) is 1.70. The van der Waals surface area contributed by atoms with Gasteiger partial charge in [-0.1, -0.05) is 18.2 Å². The smallest absolute Gasteiger partial charge is 0.224 e. The maximum atomic E-state index is 13.1. The highest BCUT2D eigenvalue weighted by Gasteiger charge is 2.04. The van der Waals surface area contributed by atoms with Gasteiger partial charge in [0.15, 0.2) is 5.96 Å². The number of nitrogens with one attached hydrogen (secondary N) is 3. The van der Waals surface area contributed by atoms with E-state index >= 15 is 0 Å². The molecule has 136 valence electrons. The molecule has 0 aliphatic heterocycles. The van der Waals surface area contributed by atoms with Crippen LogP contribution in [0.25, 0.3) is 0 Å². The highest BCUT2D eigenvalue weighted by Crippen LogP contribution is 2.07. The topological polar surface area (TPSA) is 65.5 Å². The lowest BCUT2D eigenvalue weighted by atomic mass is 10.1. The van der Waals surface area contributed by atoms with E-state index in [0.717, 1.165) is 0 Å². The molecular weight excluding hydrogens is 454 g/mol. The zero-order chi connectivity index (χ0) is 17.2. The Morgan fingerprint density at radius 2 is 1.96 bits per heavy atom. The highest BCUT2D eigenvalue weighted by atomic mass is 127. The molecule has 0 saturated carbocycles. The highest BCUT2D eigenvalue weighted by molar-refractivity contribution is 14.0. The van der Waals surface area contributed by atoms with Gasteiger partial charge in [0.25, 0.3) is 0 Å². The Bertz CT molecular complexity index is 679. The van der Waals surface area contributed by atoms with Crippen LogP contribution in [-0.2, 0) is 17.8 Å². The summed E-state index contributed by atoms with van der Waals surface area (Å²) in [5.74, 6) is 0.217. The third-order valence-corrected chi connectivity index (χ3v) is 4.10. The van der Waals surface area contributed by atoms with Crippen LogP contribution in [0.4, 0.5) is 4.39 Å². The van der Waals surface area contributed by atoms with Crippen molar-refractivity contribution in [1.29, 1.82) is 0 Å². The van der Waals surface area contributed by atoms with Gasteiger partial charge in [-0.3, -0.25) is 9.79 Å². The third kappa shape index (κ3) is 8.30. The monoisotopic (exact) mass is 476 g/mol. The van der Waals surface area contributed by atoms with E-state index in [-0.39, 0.29) is 42.1 Å². The molecule has 0 fully saturated rings. The van der Waals surface area contributed by atoms with Crippen LogP contribution in [0.3, 0.4) is 0 Å². The number of hydrogen-bond donors (Lipinski definition) is 3. The second-order valence-corrected chi connectivity index (χ2v) is 6.12. The summed E-state index contributed by atoms with van der Waals surface area (Å²) in [5.41, 5.74) is 0.661. The number of thiophene rings is 1. The van der Waals surface area contributed by atoms with Gasteiger partial charge in [-0.25, -0.2) is 4.39 Å². The molecule has 0 radical (unpaired) electrons. The summed E-state index contributed by atoms with van der Waals surface area (Å²) in [6.45, 7) is 1.73. The molecule has 0 saturated heterocycles. The van der Waals surface area contributed by atoms with Gasteiger partial charge < -0.3 is 16.0 Å². The maximum absolute atomic E-state index is 13.1. The Hall–Kier alpha value is -1.68. The SMILES string of the molecule is CN=C(NCCNC(=O)Cc1cccc(F)c1)NCc1cccs1.I. The van der Waals surface area contributed by atoms with Crippen LogP contribution >= 0.6 is 35.3 Å². The number of benzene rings is 1. The lowest BCUT2D eigenvalue weighted by Crippen LogP contribution is -2.41. The van der Waals surface area contributed by atoms with E-state index in [9.17, 15) is 9.18 Å². The Balaban J connectivity index is 0.00000312. The number of amides is 1. The van der Waals surface area contributed by atoms with Crippen LogP contribution in [0.2, 0.25) is 0 Å². The van der Waals surface area contributed by atoms with Gasteiger partial charge >= 0.3 is 0 Å². The summed E-state index contributed by atoms with van der Waals surface area (Å²) < 4.78 is 13.1. The fourth-order valence-electron chi connectivity index (χ4n) is 2.08. The van der Waals surface area contributed by atoms with Gasteiger partial charge in [-0.05, 0) is 29.1 Å². The van der Waals surface area contributed by atoms with Gasteiger partial charge in [0.05, 0.1) is 13.0 Å². The quantitative estimate of drug-likeness (QED) is 0.249. The van der Waals surface area contributed by atoms with Gasteiger partial charge in [-0.15, -0.1) is 35.3 Å². The van der Waals surface area contributed by atoms with Crippen LogP contribution in [0.1, 0.15) is 10.4 Å². The molecule has 3 N–H and O–H groups in total. The second kappa shape index (κ2) is 11.8. The van der Waals surface area contributed by atoms with Crippen LogP contribution in [0.15, 0.2) is 46.8 Å². The van der Waals surface area contributed by atoms with Crippen molar-refractivity contribution in [3.8, 4) is 0 Å². The Morgan fingerprint density at radius 1 is 1.16 bits per heavy atom. The predicted molar refractivity (Wildman–Crippen MR) is 111 cm³/mol. The number of aliphatic imine (C=N–C) groups is 1. The first-order chi connectivity index (χ1) is 11.7. The fraction of sp³-hybridized carbons (Fsp3) is 0.294. The summed E-state index contributed by atoms with van der Waals surface area (Å²) in [6.07, 6.45) is 0.170. The van der Waals surface area contributed by atoms with Crippen molar-refractivity contribution in [2.75, 3.05) is 20.1 Å². The first-order valence-electron chi connectivity index (χ1n) is 7.65. The van der Waals surface area contributed by atoms with E-state index < -0.39 is 0 Å². The summed E-state index contributed by atoms with van der Waals surface area (Å²) in [6, 6.07) is 10.1. The van der Waals surface area contributed by atoms with Crippen molar-refractivity contribution >= 4 is 47.2 Å². The van der Waals surface area contributed by atoms with Crippen LogP contribution in [-0.4, -0.2) is 32.0 Å². The van der Waals surface area contributed by atoms with Crippen molar-refractivity contribution in [1.82, 2.24) is 16.0 Å². The number of halogens is 2. The minimum absolute atomic E-state index is 0. The molecule has 0 bridgehead atoms. The first kappa shape index (κ1) is 21.4. The Kier molecular flexibility index (Phi) is 10.1. The van der Waals surface area contributed by atoms with E-state index in [0.29, 0.717) is 31.2 Å². The van der Waals surface area contributed by atoms with Crippen molar-refractivity contribution < 1.29 is 9.18 Å². The van der Waals surface area contributed by atoms with E-state index in [2.05, 4.69) is 27.0 Å². The predicted octanol–water partition coefficient (Wildman–Crippen LogP) is 2.53. The zero-order valence-electron chi connectivity index (χ0n) is 13.9. The molecule has 0 aliphatic rings. The summed E-state index contributed by atoms with van der Waals surface area (Å²) >= 11 is 1.68. The average Bonchev–Trinajstić information content (AvgIpc) is 3.07. The zero-order valence-corrected chi connectivity index (χ0v) is 17.1. The average molecular weight is 476 g/mol. The molecule has 1 amide bonds. The van der Waals surface area contributed by atoms with Crippen molar-refractivity contribution in [2.24, 2.45) is 4.99 Å². The number of hydrogen-bond acceptors (Lipinski definition) is 3. The molecule has 0 atom stereocenters. The molecule has 0 aliphatic carbocycles. The standard InChI is InChI=1S/C17H21FN4OS.HI/c1-19-17(22-12-15-6-3-9-24-15)21-8-7-20-16(23)11-13-4-2-5-14(18)10-13;/h2-6,9-10H,7-8,11-12H2,1H3,(H,20,23)(H2,19,21,22);1H. The van der Waals surface area contributed by atoms with E-state index in [4.69, 9.17) is 0 Å². The number of nitrogens with zero attached hydrogens (tertiary/aromatic N) is 1. The molecule has 0 spiro atoms. The van der Waals surface area contributed by atoms with Crippen molar-refractivity contribution in [2.45, 2.75) is 13.0 Å². The second-order valence-electron chi connectivity index (χ2n) is 5.09. The molecule has 1 heterocycles. The van der Waals surface area contributed by atoms with E-state index in [1.807, 2.05) is 11.4 Å². The van der Waals surface area contributed by atoms with Crippen LogP contribution in [0.5, 0.6) is 0 Å². The van der Waals surface area contributed by atoms with Crippen LogP contribution in [0, 0.1) is 5.82 Å². The van der Waals surface area contributed by atoms with Crippen molar-refractivity contribution in [3.05, 3.63) is 58.0 Å². The van der Waals surface area contributed by atoms with Gasteiger partial charge in [0, 0.05) is 25.0 Å². The van der Waals surface area contributed by atoms with Gasteiger partial charge in [0.1, 0.15) is 5.82 Å². The molecule has 1 aromatic carbocycles. The van der Waals surface area contributed by atoms with Crippen molar-refractivity contribution in [3.63, 3.8) is 0 Å². The molecule has 5 nitrogen and oxygen atoms in total. The summed E-state index contributed by atoms with van der Waals surface area (Å²) in [4.78, 5) is 17.2. The van der Waals surface area contributed by atoms with E-state index in [1.54, 1.807) is 30.5 Å². The number of carbonyl (C=O) groups is 1. The minimum Gasteiger partial charge on any atom is -0.355 e. The lowest BCUT2D eigenvalue weighted by molar-refractivity contribution is -0.120. The molecule has 0 unspecified atom stereocenters. The first-order valence-corrected chi connectivity index (χ1v) is 8.53. The van der Waals surface area contributed by atoms with Gasteiger partial charge in [-0.2, -0.15) is 0 Å². The minimum atomic E-state index is -0.331. The molecular formula is C17H22FIN4OS. The number of rotatable bonds is 7. The molecule has 1 aromatic heterocycles. The third-order valence-electron chi connectivity index (χ3n) is 3.23. The molecule has 2 aromatic rings. The molecule has 25 heavy (non-hydrogen) atoms. The molecule has 2 rings (SSSR count). The normalized spacial score (nSPS) is 10.7. The van der Waals surface area contributed by atoms with Gasteiger partial charge in [0.2, 0.25) is 5.91 Å². The fourth-order valence-corrected chi connectivity index (χ4v) is 2.73. The largest absolute Gasteiger partial charge is 0.355 e. The van der Waals surface area contributed by atoms with Crippen LogP contribution < -0.4 is 16.0 Å². The lowest BCUT2D eigenvalue weighted by Gasteiger charge is -2.11. The number of guanidine groups is 1.